The number of benzene rings is 2. The van der Waals surface area contributed by atoms with E-state index in [9.17, 15) is 9.59 Å². The van der Waals surface area contributed by atoms with E-state index >= 15 is 0 Å². The number of aryl methyl sites for hydroxylation is 1. The van der Waals surface area contributed by atoms with Gasteiger partial charge in [-0.25, -0.2) is 4.79 Å². The predicted octanol–water partition coefficient (Wildman–Crippen LogP) is 4.31. The second-order valence-electron chi connectivity index (χ2n) is 5.83. The number of nitrogens with one attached hydrogen (secondary N) is 2. The molecule has 1 aliphatic heterocycles. The normalized spacial score (nSPS) is 12.7. The number of amides is 3. The molecule has 2 aromatic carbocycles. The molecule has 6 heteroatoms. The standard InChI is InChI=1S/C18H18BrN3O2/c1-11-4-3-5-15(8-11)20-18(24)21-16-10-14(19)9-13-6-7-22(12(2)23)17(13)16/h3-5,8-10H,6-7H2,1-2H3,(H2,20,21,24). The molecule has 0 bridgehead atoms. The van der Waals surface area contributed by atoms with Gasteiger partial charge in [-0.3, -0.25) is 4.79 Å². The average molecular weight is 388 g/mol. The molecule has 0 unspecified atom stereocenters. The molecule has 0 fully saturated rings. The summed E-state index contributed by atoms with van der Waals surface area (Å²) in [5, 5.41) is 5.68. The van der Waals surface area contributed by atoms with Crippen LogP contribution in [0.3, 0.4) is 0 Å². The third-order valence-electron chi connectivity index (χ3n) is 3.93. The topological polar surface area (TPSA) is 61.4 Å². The van der Waals surface area contributed by atoms with Crippen molar-refractivity contribution in [3.05, 3.63) is 52.0 Å². The Kier molecular flexibility index (Phi) is 4.57. The van der Waals surface area contributed by atoms with Gasteiger partial charge in [-0.1, -0.05) is 28.1 Å². The van der Waals surface area contributed by atoms with Gasteiger partial charge in [-0.05, 0) is 48.7 Å². The quantitative estimate of drug-likeness (QED) is 0.806. The minimum absolute atomic E-state index is 0.0294. The van der Waals surface area contributed by atoms with Gasteiger partial charge in [0.25, 0.3) is 0 Å². The van der Waals surface area contributed by atoms with Gasteiger partial charge in [-0.15, -0.1) is 0 Å². The van der Waals surface area contributed by atoms with E-state index in [1.807, 2.05) is 43.3 Å². The first-order valence-corrected chi connectivity index (χ1v) is 8.48. The van der Waals surface area contributed by atoms with E-state index in [1.54, 1.807) is 4.90 Å². The number of nitrogens with zero attached hydrogens (tertiary/aromatic N) is 1. The van der Waals surface area contributed by atoms with Gasteiger partial charge < -0.3 is 15.5 Å². The molecule has 0 saturated carbocycles. The molecule has 0 aliphatic carbocycles. The largest absolute Gasteiger partial charge is 0.323 e. The number of hydrogen-bond donors (Lipinski definition) is 2. The molecule has 24 heavy (non-hydrogen) atoms. The van der Waals surface area contributed by atoms with Crippen LogP contribution in [0.1, 0.15) is 18.1 Å². The highest BCUT2D eigenvalue weighted by atomic mass is 79.9. The molecule has 0 saturated heterocycles. The molecule has 3 amide bonds. The number of carbonyl (C=O) groups is 2. The average Bonchev–Trinajstić information content (AvgIpc) is 2.91. The first kappa shape index (κ1) is 16.5. The van der Waals surface area contributed by atoms with Gasteiger partial charge in [0.15, 0.2) is 0 Å². The number of hydrogen-bond acceptors (Lipinski definition) is 2. The van der Waals surface area contributed by atoms with Crippen molar-refractivity contribution in [2.24, 2.45) is 0 Å². The van der Waals surface area contributed by atoms with Crippen LogP contribution in [0.4, 0.5) is 21.9 Å². The summed E-state index contributed by atoms with van der Waals surface area (Å²) in [6.45, 7) is 4.14. The van der Waals surface area contributed by atoms with Gasteiger partial charge in [0.05, 0.1) is 11.4 Å². The van der Waals surface area contributed by atoms with Crippen molar-refractivity contribution < 1.29 is 9.59 Å². The van der Waals surface area contributed by atoms with Crippen molar-refractivity contribution in [1.29, 1.82) is 0 Å². The van der Waals surface area contributed by atoms with Gasteiger partial charge in [0.1, 0.15) is 0 Å². The summed E-state index contributed by atoms with van der Waals surface area (Å²) in [5.41, 5.74) is 4.24. The summed E-state index contributed by atoms with van der Waals surface area (Å²) >= 11 is 3.46. The van der Waals surface area contributed by atoms with Crippen molar-refractivity contribution in [3.8, 4) is 0 Å². The summed E-state index contributed by atoms with van der Waals surface area (Å²) in [6.07, 6.45) is 0.780. The molecular weight excluding hydrogens is 370 g/mol. The maximum Gasteiger partial charge on any atom is 0.323 e. The molecule has 124 valence electrons. The van der Waals surface area contributed by atoms with Crippen LogP contribution in [0.15, 0.2) is 40.9 Å². The van der Waals surface area contributed by atoms with Crippen LogP contribution in [-0.4, -0.2) is 18.5 Å². The molecular formula is C18H18BrN3O2. The minimum atomic E-state index is -0.337. The summed E-state index contributed by atoms with van der Waals surface area (Å²) in [7, 11) is 0. The molecule has 0 atom stereocenters. The molecule has 0 radical (unpaired) electrons. The van der Waals surface area contributed by atoms with Crippen molar-refractivity contribution in [3.63, 3.8) is 0 Å². The Morgan fingerprint density at radius 2 is 1.96 bits per heavy atom. The van der Waals surface area contributed by atoms with Crippen molar-refractivity contribution in [2.75, 3.05) is 22.1 Å². The number of rotatable bonds is 2. The monoisotopic (exact) mass is 387 g/mol. The Hall–Kier alpha value is -2.34. The van der Waals surface area contributed by atoms with Crippen molar-refractivity contribution in [1.82, 2.24) is 0 Å². The minimum Gasteiger partial charge on any atom is -0.310 e. The van der Waals surface area contributed by atoms with Gasteiger partial charge in [-0.2, -0.15) is 0 Å². The molecule has 1 heterocycles. The number of anilines is 3. The lowest BCUT2D eigenvalue weighted by molar-refractivity contribution is -0.116. The molecule has 1 aliphatic rings. The Morgan fingerprint density at radius 1 is 1.17 bits per heavy atom. The highest BCUT2D eigenvalue weighted by Crippen LogP contribution is 2.38. The molecule has 5 nitrogen and oxygen atoms in total. The highest BCUT2D eigenvalue weighted by Gasteiger charge is 2.26. The summed E-state index contributed by atoms with van der Waals surface area (Å²) < 4.78 is 0.873. The van der Waals surface area contributed by atoms with E-state index in [4.69, 9.17) is 0 Å². The first-order valence-electron chi connectivity index (χ1n) is 7.69. The van der Waals surface area contributed by atoms with Crippen molar-refractivity contribution in [2.45, 2.75) is 20.3 Å². The Labute approximate surface area is 149 Å². The predicted molar refractivity (Wildman–Crippen MR) is 99.7 cm³/mol. The first-order chi connectivity index (χ1) is 11.4. The summed E-state index contributed by atoms with van der Waals surface area (Å²) in [4.78, 5) is 25.9. The molecule has 0 aromatic heterocycles. The zero-order valence-electron chi connectivity index (χ0n) is 13.5. The fraction of sp³-hybridized carbons (Fsp3) is 0.222. The van der Waals surface area contributed by atoms with E-state index in [1.165, 1.54) is 6.92 Å². The molecule has 2 aromatic rings. The molecule has 0 spiro atoms. The third-order valence-corrected chi connectivity index (χ3v) is 4.39. The van der Waals surface area contributed by atoms with Crippen LogP contribution in [0.25, 0.3) is 0 Å². The molecule has 2 N–H and O–H groups in total. The highest BCUT2D eigenvalue weighted by molar-refractivity contribution is 9.10. The van der Waals surface area contributed by atoms with Gasteiger partial charge in [0, 0.05) is 23.6 Å². The van der Waals surface area contributed by atoms with E-state index in [0.29, 0.717) is 12.2 Å². The second kappa shape index (κ2) is 6.65. The van der Waals surface area contributed by atoms with Gasteiger partial charge in [0.2, 0.25) is 5.91 Å². The van der Waals surface area contributed by atoms with Crippen LogP contribution in [0.5, 0.6) is 0 Å². The summed E-state index contributed by atoms with van der Waals surface area (Å²) in [6, 6.07) is 11.1. The van der Waals surface area contributed by atoms with E-state index in [0.717, 1.165) is 33.4 Å². The number of carbonyl (C=O) groups excluding carboxylic acids is 2. The zero-order chi connectivity index (χ0) is 17.3. The Bertz CT molecular complexity index is 820. The Morgan fingerprint density at radius 3 is 2.67 bits per heavy atom. The second-order valence-corrected chi connectivity index (χ2v) is 6.75. The number of fused-ring (bicyclic) bond motifs is 1. The zero-order valence-corrected chi connectivity index (χ0v) is 15.1. The molecule has 3 rings (SSSR count). The Balaban J connectivity index is 1.85. The number of halogens is 1. The fourth-order valence-electron chi connectivity index (χ4n) is 2.93. The van der Waals surface area contributed by atoms with E-state index in [-0.39, 0.29) is 11.9 Å². The summed E-state index contributed by atoms with van der Waals surface area (Å²) in [5.74, 6) is -0.0294. The lowest BCUT2D eigenvalue weighted by Crippen LogP contribution is -2.28. The van der Waals surface area contributed by atoms with E-state index in [2.05, 4.69) is 26.6 Å². The maximum absolute atomic E-state index is 12.3. The van der Waals surface area contributed by atoms with Crippen LogP contribution in [0, 0.1) is 6.92 Å². The van der Waals surface area contributed by atoms with Crippen LogP contribution in [-0.2, 0) is 11.2 Å². The lowest BCUT2D eigenvalue weighted by Gasteiger charge is -2.19. The van der Waals surface area contributed by atoms with Gasteiger partial charge >= 0.3 is 6.03 Å². The lowest BCUT2D eigenvalue weighted by atomic mass is 10.1. The third kappa shape index (κ3) is 3.43. The fourth-order valence-corrected chi connectivity index (χ4v) is 3.43. The van der Waals surface area contributed by atoms with Crippen LogP contribution >= 0.6 is 15.9 Å². The van der Waals surface area contributed by atoms with Crippen LogP contribution < -0.4 is 15.5 Å². The maximum atomic E-state index is 12.3. The van der Waals surface area contributed by atoms with Crippen molar-refractivity contribution >= 4 is 44.9 Å². The number of urea groups is 1. The van der Waals surface area contributed by atoms with E-state index < -0.39 is 0 Å². The van der Waals surface area contributed by atoms with Crippen LogP contribution in [0.2, 0.25) is 0 Å². The smallest absolute Gasteiger partial charge is 0.310 e. The SMILES string of the molecule is CC(=O)N1CCc2cc(Br)cc(NC(=O)Nc3cccc(C)c3)c21.